The van der Waals surface area contributed by atoms with Crippen molar-refractivity contribution in [2.45, 2.75) is 26.2 Å². The minimum atomic E-state index is -1.14. The summed E-state index contributed by atoms with van der Waals surface area (Å²) in [5.74, 6) is -2.13. The summed E-state index contributed by atoms with van der Waals surface area (Å²) in [5, 5.41) is 18.5. The molecule has 1 heterocycles. The van der Waals surface area contributed by atoms with Gasteiger partial charge in [-0.15, -0.1) is 0 Å². The fraction of sp³-hybridized carbons (Fsp3) is 0.182. The normalized spacial score (nSPS) is 9.83. The number of carboxylic acid groups (broad SMARTS) is 2. The quantitative estimate of drug-likeness (QED) is 0.456. The Labute approximate surface area is 202 Å². The molecule has 1 aromatic heterocycles. The Hall–Kier alpha value is -2.12. The maximum atomic E-state index is 11.3. The molecule has 0 atom stereocenters. The molecule has 0 radical (unpaired) electrons. The smallest absolute Gasteiger partial charge is 0.478 e. The molecule has 0 aliphatic carbocycles. The van der Waals surface area contributed by atoms with Gasteiger partial charge in [0, 0.05) is 18.2 Å². The van der Waals surface area contributed by atoms with Gasteiger partial charge < -0.3 is 17.1 Å². The molecule has 30 heavy (non-hydrogen) atoms. The zero-order chi connectivity index (χ0) is 21.4. The fourth-order valence-electron chi connectivity index (χ4n) is 2.62. The van der Waals surface area contributed by atoms with Gasteiger partial charge in [0.05, 0.1) is 11.3 Å². The van der Waals surface area contributed by atoms with Gasteiger partial charge in [-0.1, -0.05) is 55.8 Å². The van der Waals surface area contributed by atoms with E-state index in [0.717, 1.165) is 21.6 Å². The average molecular weight is 437 g/mol. The van der Waals surface area contributed by atoms with Crippen LogP contribution in [0.5, 0.6) is 0 Å². The Balaban J connectivity index is 0.000000827. The second kappa shape index (κ2) is 12.5. The summed E-state index contributed by atoms with van der Waals surface area (Å²) >= 11 is 5.78. The fourth-order valence-corrected chi connectivity index (χ4v) is 2.84. The predicted octanol–water partition coefficient (Wildman–Crippen LogP) is 2.16. The molecule has 0 fully saturated rings. The topological polar surface area (TPSA) is 92.4 Å². The number of halogens is 1. The van der Waals surface area contributed by atoms with Gasteiger partial charge in [-0.05, 0) is 22.8 Å². The monoisotopic (exact) mass is 436 g/mol. The zero-order valence-electron chi connectivity index (χ0n) is 17.0. The summed E-state index contributed by atoms with van der Waals surface area (Å²) in [6, 6.07) is 14.0. The van der Waals surface area contributed by atoms with Crippen molar-refractivity contribution in [2.24, 2.45) is 0 Å². The van der Waals surface area contributed by atoms with Crippen LogP contribution >= 0.6 is 11.8 Å². The third-order valence-corrected chi connectivity index (χ3v) is 4.41. The van der Waals surface area contributed by atoms with E-state index in [1.54, 1.807) is 36.4 Å². The van der Waals surface area contributed by atoms with Crippen molar-refractivity contribution < 1.29 is 49.4 Å². The molecule has 0 spiro atoms. The molecule has 2 N–H and O–H groups in total. The number of aromatic carboxylic acids is 2. The van der Waals surface area contributed by atoms with Crippen molar-refractivity contribution in [3.8, 4) is 11.1 Å². The van der Waals surface area contributed by atoms with Crippen molar-refractivity contribution in [1.29, 1.82) is 0 Å². The molecule has 2 aromatic carbocycles. The van der Waals surface area contributed by atoms with Crippen LogP contribution in [0.1, 0.15) is 51.9 Å². The van der Waals surface area contributed by atoms with Crippen molar-refractivity contribution in [3.63, 3.8) is 0 Å². The number of hydrogen-bond donors (Lipinski definition) is 2. The van der Waals surface area contributed by atoms with Crippen LogP contribution in [0.25, 0.3) is 11.1 Å². The standard InChI is InChI=1S/C18H13ClN2O4.C4H9.Na/c19-21-10-20-15(16(21)18(24)25)9-11-5-7-12(8-6-11)13-3-1-2-4-14(13)17(22)23;1-3-4-2;/h1-8,10H,9H2,(H,22,23)(H,24,25);1,3-4H2,2H3;/q;-1;+1. The largest absolute Gasteiger partial charge is 1.00 e. The molecule has 152 valence electrons. The second-order valence-electron chi connectivity index (χ2n) is 6.23. The van der Waals surface area contributed by atoms with E-state index in [9.17, 15) is 19.8 Å². The molecule has 8 heteroatoms. The van der Waals surface area contributed by atoms with Crippen LogP contribution in [-0.2, 0) is 6.42 Å². The van der Waals surface area contributed by atoms with Gasteiger partial charge in [0.1, 0.15) is 6.33 Å². The number of benzene rings is 2. The van der Waals surface area contributed by atoms with E-state index >= 15 is 0 Å². The van der Waals surface area contributed by atoms with Gasteiger partial charge in [0.15, 0.2) is 5.69 Å². The summed E-state index contributed by atoms with van der Waals surface area (Å²) in [6.45, 7) is 5.72. The number of imidazole rings is 1. The van der Waals surface area contributed by atoms with Crippen LogP contribution in [0.15, 0.2) is 54.9 Å². The molecule has 3 rings (SSSR count). The Bertz CT molecular complexity index is 985. The number of carboxylic acids is 2. The van der Waals surface area contributed by atoms with Crippen LogP contribution in [0.4, 0.5) is 0 Å². The van der Waals surface area contributed by atoms with E-state index in [4.69, 9.17) is 11.8 Å². The van der Waals surface area contributed by atoms with Crippen LogP contribution in [0.3, 0.4) is 0 Å². The third kappa shape index (κ3) is 6.71. The third-order valence-electron chi connectivity index (χ3n) is 4.15. The van der Waals surface area contributed by atoms with Gasteiger partial charge in [-0.2, -0.15) is 6.42 Å². The molecule has 0 aliphatic rings. The van der Waals surface area contributed by atoms with Crippen molar-refractivity contribution >= 4 is 23.7 Å². The molecule has 0 amide bonds. The molecular weight excluding hydrogens is 415 g/mol. The summed E-state index contributed by atoms with van der Waals surface area (Å²) in [6.07, 6.45) is 3.83. The second-order valence-corrected chi connectivity index (χ2v) is 6.60. The number of nitrogens with zero attached hydrogens (tertiary/aromatic N) is 2. The van der Waals surface area contributed by atoms with Crippen LogP contribution < -0.4 is 29.6 Å². The van der Waals surface area contributed by atoms with E-state index in [1.165, 1.54) is 12.7 Å². The Morgan fingerprint density at radius 3 is 2.20 bits per heavy atom. The van der Waals surface area contributed by atoms with Crippen molar-refractivity contribution in [1.82, 2.24) is 9.07 Å². The van der Waals surface area contributed by atoms with Gasteiger partial charge in [-0.3, -0.25) is 0 Å². The van der Waals surface area contributed by atoms with Crippen LogP contribution in [-0.4, -0.2) is 31.2 Å². The van der Waals surface area contributed by atoms with E-state index in [2.05, 4.69) is 18.8 Å². The SMILES string of the molecule is O=C(O)c1ccccc1-c1ccc(Cc2ncn(Cl)c2C(=O)O)cc1.[CH2-]CCC.[Na+]. The minimum Gasteiger partial charge on any atom is -0.478 e. The zero-order valence-corrected chi connectivity index (χ0v) is 19.8. The maximum absolute atomic E-state index is 11.3. The van der Waals surface area contributed by atoms with Crippen molar-refractivity contribution in [3.05, 3.63) is 84.3 Å². The van der Waals surface area contributed by atoms with Gasteiger partial charge in [0.2, 0.25) is 0 Å². The van der Waals surface area contributed by atoms with Gasteiger partial charge in [0.25, 0.3) is 0 Å². The molecule has 0 unspecified atom stereocenters. The molecule has 0 saturated heterocycles. The van der Waals surface area contributed by atoms with Gasteiger partial charge in [-0.25, -0.2) is 18.7 Å². The average Bonchev–Trinajstić information content (AvgIpc) is 3.09. The Morgan fingerprint density at radius 1 is 1.07 bits per heavy atom. The molecule has 0 bridgehead atoms. The van der Waals surface area contributed by atoms with Crippen LogP contribution in [0.2, 0.25) is 0 Å². The predicted molar refractivity (Wildman–Crippen MR) is 112 cm³/mol. The summed E-state index contributed by atoms with van der Waals surface area (Å²) < 4.78 is 0.954. The first-order valence-corrected chi connectivity index (χ1v) is 9.39. The number of unbranched alkanes of at least 4 members (excludes halogenated alkanes) is 1. The molecule has 6 nitrogen and oxygen atoms in total. The number of hydrogen-bond acceptors (Lipinski definition) is 3. The van der Waals surface area contributed by atoms with E-state index in [0.29, 0.717) is 17.7 Å². The van der Waals surface area contributed by atoms with Gasteiger partial charge >= 0.3 is 41.5 Å². The molecule has 3 aromatic rings. The number of carbonyl (C=O) groups is 2. The van der Waals surface area contributed by atoms with Crippen molar-refractivity contribution in [2.75, 3.05) is 0 Å². The number of rotatable bonds is 6. The van der Waals surface area contributed by atoms with E-state index in [1.807, 2.05) is 12.1 Å². The maximum Gasteiger partial charge on any atom is 1.00 e. The summed E-state index contributed by atoms with van der Waals surface area (Å²) in [7, 11) is 0. The first kappa shape index (κ1) is 25.9. The van der Waals surface area contributed by atoms with E-state index < -0.39 is 11.9 Å². The van der Waals surface area contributed by atoms with E-state index in [-0.39, 0.29) is 40.8 Å². The summed E-state index contributed by atoms with van der Waals surface area (Å²) in [5.41, 5.74) is 2.75. The Kier molecular flexibility index (Phi) is 10.8. The molecular formula is C22H22ClN2NaO4. The summed E-state index contributed by atoms with van der Waals surface area (Å²) in [4.78, 5) is 26.6. The number of aromatic nitrogens is 2. The first-order chi connectivity index (χ1) is 13.9. The Morgan fingerprint density at radius 2 is 1.67 bits per heavy atom. The molecule has 0 saturated carbocycles. The first-order valence-electron chi connectivity index (χ1n) is 9.05. The van der Waals surface area contributed by atoms with Crippen LogP contribution in [0, 0.1) is 6.92 Å². The minimum absolute atomic E-state index is 0. The molecule has 0 aliphatic heterocycles.